The van der Waals surface area contributed by atoms with Crippen LogP contribution in [-0.2, 0) is 20.2 Å². The predicted octanol–water partition coefficient (Wildman–Crippen LogP) is 5.21. The van der Waals surface area contributed by atoms with Crippen molar-refractivity contribution in [1.29, 1.82) is 0 Å². The summed E-state index contributed by atoms with van der Waals surface area (Å²) in [4.78, 5) is 13.0. The number of benzene rings is 3. The largest absolute Gasteiger partial charge is 0.493 e. The molecule has 0 saturated carbocycles. The summed E-state index contributed by atoms with van der Waals surface area (Å²) in [5, 5.41) is 2.87. The zero-order valence-corrected chi connectivity index (χ0v) is 22.7. The quantitative estimate of drug-likeness (QED) is 0.412. The number of methoxy groups -OCH3 is 2. The second kappa shape index (κ2) is 11.2. The Morgan fingerprint density at radius 2 is 1.54 bits per heavy atom. The Morgan fingerprint density at radius 1 is 0.946 bits per heavy atom. The summed E-state index contributed by atoms with van der Waals surface area (Å²) < 4.78 is 52.3. The molecule has 0 aromatic heterocycles. The molecule has 0 fully saturated rings. The van der Waals surface area contributed by atoms with Crippen LogP contribution >= 0.6 is 0 Å². The van der Waals surface area contributed by atoms with Crippen LogP contribution in [0.3, 0.4) is 0 Å². The Balaban J connectivity index is 1.89. The van der Waals surface area contributed by atoms with Gasteiger partial charge in [0.25, 0.3) is 10.0 Å². The molecule has 7 nitrogen and oxygen atoms in total. The number of anilines is 1. The zero-order valence-electron chi connectivity index (χ0n) is 21.9. The minimum Gasteiger partial charge on any atom is -0.493 e. The number of carbonyl (C=O) groups excluding carboxylic acids is 1. The molecule has 0 saturated heterocycles. The van der Waals surface area contributed by atoms with Crippen LogP contribution in [0.25, 0.3) is 0 Å². The van der Waals surface area contributed by atoms with Crippen molar-refractivity contribution in [2.75, 3.05) is 25.1 Å². The number of nitrogens with zero attached hydrogens (tertiary/aromatic N) is 1. The molecule has 0 heterocycles. The molecule has 198 valence electrons. The number of halogens is 1. The summed E-state index contributed by atoms with van der Waals surface area (Å²) in [5.74, 6) is -0.456. The average molecular weight is 529 g/mol. The number of sulfonamides is 1. The average Bonchev–Trinajstić information content (AvgIpc) is 2.86. The zero-order chi connectivity index (χ0) is 27.4. The molecular weight excluding hydrogens is 495 g/mol. The first-order chi connectivity index (χ1) is 17.4. The predicted molar refractivity (Wildman–Crippen MR) is 142 cm³/mol. The summed E-state index contributed by atoms with van der Waals surface area (Å²) in [5.41, 5.74) is 2.20. The van der Waals surface area contributed by atoms with Crippen LogP contribution < -0.4 is 19.1 Å². The smallest absolute Gasteiger partial charge is 0.264 e. The van der Waals surface area contributed by atoms with Gasteiger partial charge in [-0.25, -0.2) is 12.8 Å². The van der Waals surface area contributed by atoms with Gasteiger partial charge in [-0.1, -0.05) is 45.0 Å². The standard InChI is InChI=1S/C28H33FN2O5S/c1-19(20-7-9-21(10-8-20)28(2,3)4)30-27(32)18-31(23-13-11-22(29)12-14-23)37(33,34)24-15-16-25(35-5)26(17-24)36-6/h7-17,19H,18H2,1-6H3,(H,30,32)/t19-/m0/s1. The van der Waals surface area contributed by atoms with Gasteiger partial charge in [0.2, 0.25) is 5.91 Å². The highest BCUT2D eigenvalue weighted by Gasteiger charge is 2.29. The molecule has 1 atom stereocenters. The van der Waals surface area contributed by atoms with Crippen molar-refractivity contribution >= 4 is 21.6 Å². The van der Waals surface area contributed by atoms with Gasteiger partial charge < -0.3 is 14.8 Å². The van der Waals surface area contributed by atoms with Crippen LogP contribution in [0.4, 0.5) is 10.1 Å². The summed E-state index contributed by atoms with van der Waals surface area (Å²) in [7, 11) is -1.39. The van der Waals surface area contributed by atoms with Crippen LogP contribution in [0.2, 0.25) is 0 Å². The number of hydrogen-bond acceptors (Lipinski definition) is 5. The molecule has 0 spiro atoms. The second-order valence-corrected chi connectivity index (χ2v) is 11.5. The third kappa shape index (κ3) is 6.60. The van der Waals surface area contributed by atoms with E-state index < -0.39 is 28.3 Å². The van der Waals surface area contributed by atoms with Gasteiger partial charge >= 0.3 is 0 Å². The molecule has 9 heteroatoms. The minimum absolute atomic E-state index is 0.000821. The maximum absolute atomic E-state index is 13.7. The number of carbonyl (C=O) groups is 1. The molecule has 0 unspecified atom stereocenters. The molecule has 1 N–H and O–H groups in total. The molecular formula is C28H33FN2O5S. The fraction of sp³-hybridized carbons (Fsp3) is 0.321. The first-order valence-corrected chi connectivity index (χ1v) is 13.2. The molecule has 0 bridgehead atoms. The van der Waals surface area contributed by atoms with E-state index in [1.165, 1.54) is 50.1 Å². The van der Waals surface area contributed by atoms with E-state index in [0.29, 0.717) is 5.75 Å². The summed E-state index contributed by atoms with van der Waals surface area (Å²) in [6, 6.07) is 16.6. The minimum atomic E-state index is -4.23. The lowest BCUT2D eigenvalue weighted by Crippen LogP contribution is -2.41. The van der Waals surface area contributed by atoms with Crippen molar-refractivity contribution in [1.82, 2.24) is 5.32 Å². The van der Waals surface area contributed by atoms with Gasteiger partial charge in [0.15, 0.2) is 11.5 Å². The third-order valence-electron chi connectivity index (χ3n) is 6.00. The summed E-state index contributed by atoms with van der Waals surface area (Å²) >= 11 is 0. The highest BCUT2D eigenvalue weighted by Crippen LogP contribution is 2.32. The van der Waals surface area contributed by atoms with E-state index in [2.05, 4.69) is 26.1 Å². The third-order valence-corrected chi connectivity index (χ3v) is 7.77. The molecule has 3 aromatic rings. The summed E-state index contributed by atoms with van der Waals surface area (Å²) in [6.45, 7) is 7.68. The molecule has 37 heavy (non-hydrogen) atoms. The van der Waals surface area contributed by atoms with Crippen molar-refractivity contribution in [3.8, 4) is 11.5 Å². The Bertz CT molecular complexity index is 1330. The van der Waals surface area contributed by atoms with Crippen molar-refractivity contribution in [3.63, 3.8) is 0 Å². The Kier molecular flexibility index (Phi) is 8.48. The van der Waals surface area contributed by atoms with Crippen LogP contribution in [0.5, 0.6) is 11.5 Å². The molecule has 0 aliphatic heterocycles. The van der Waals surface area contributed by atoms with Gasteiger partial charge in [0.1, 0.15) is 12.4 Å². The normalized spacial score (nSPS) is 12.5. The highest BCUT2D eigenvalue weighted by molar-refractivity contribution is 7.92. The van der Waals surface area contributed by atoms with E-state index in [0.717, 1.165) is 22.0 Å². The van der Waals surface area contributed by atoms with E-state index in [1.807, 2.05) is 31.2 Å². The van der Waals surface area contributed by atoms with Gasteiger partial charge in [-0.05, 0) is 59.9 Å². The van der Waals surface area contributed by atoms with E-state index >= 15 is 0 Å². The fourth-order valence-corrected chi connectivity index (χ4v) is 5.24. The SMILES string of the molecule is COc1ccc(S(=O)(=O)N(CC(=O)N[C@@H](C)c2ccc(C(C)(C)C)cc2)c2ccc(F)cc2)cc1OC. The van der Waals surface area contributed by atoms with Crippen LogP contribution in [0, 0.1) is 5.82 Å². The maximum Gasteiger partial charge on any atom is 0.264 e. The van der Waals surface area contributed by atoms with Crippen LogP contribution in [0.1, 0.15) is 44.9 Å². The summed E-state index contributed by atoms with van der Waals surface area (Å²) in [6.07, 6.45) is 0. The van der Waals surface area contributed by atoms with Gasteiger partial charge in [0.05, 0.1) is 30.8 Å². The maximum atomic E-state index is 13.7. The van der Waals surface area contributed by atoms with Gasteiger partial charge in [-0.3, -0.25) is 9.10 Å². The Hall–Kier alpha value is -3.59. The molecule has 1 amide bonds. The fourth-order valence-electron chi connectivity index (χ4n) is 3.80. The lowest BCUT2D eigenvalue weighted by atomic mass is 9.86. The second-order valence-electron chi connectivity index (χ2n) is 9.67. The van der Waals surface area contributed by atoms with E-state index in [4.69, 9.17) is 9.47 Å². The monoisotopic (exact) mass is 528 g/mol. The lowest BCUT2D eigenvalue weighted by molar-refractivity contribution is -0.120. The number of rotatable bonds is 9. The number of hydrogen-bond donors (Lipinski definition) is 1. The number of amides is 1. The molecule has 0 radical (unpaired) electrons. The molecule has 3 rings (SSSR count). The van der Waals surface area contributed by atoms with Crippen molar-refractivity contribution in [2.24, 2.45) is 0 Å². The Labute approximate surface area is 218 Å². The van der Waals surface area contributed by atoms with Gasteiger partial charge in [-0.2, -0.15) is 0 Å². The molecule has 0 aliphatic carbocycles. The van der Waals surface area contributed by atoms with E-state index in [1.54, 1.807) is 0 Å². The molecule has 3 aromatic carbocycles. The molecule has 0 aliphatic rings. The Morgan fingerprint density at radius 3 is 2.08 bits per heavy atom. The van der Waals surface area contributed by atoms with Crippen molar-refractivity contribution in [2.45, 2.75) is 44.0 Å². The van der Waals surface area contributed by atoms with Gasteiger partial charge in [0, 0.05) is 6.07 Å². The van der Waals surface area contributed by atoms with Gasteiger partial charge in [-0.15, -0.1) is 0 Å². The van der Waals surface area contributed by atoms with E-state index in [-0.39, 0.29) is 27.8 Å². The number of nitrogens with one attached hydrogen (secondary N) is 1. The number of ether oxygens (including phenoxy) is 2. The first kappa shape index (κ1) is 28.0. The van der Waals surface area contributed by atoms with E-state index in [9.17, 15) is 17.6 Å². The highest BCUT2D eigenvalue weighted by atomic mass is 32.2. The van der Waals surface area contributed by atoms with Crippen LogP contribution in [-0.4, -0.2) is 35.1 Å². The topological polar surface area (TPSA) is 84.9 Å². The van der Waals surface area contributed by atoms with Crippen molar-refractivity contribution < 1.29 is 27.1 Å². The van der Waals surface area contributed by atoms with Crippen molar-refractivity contribution in [3.05, 3.63) is 83.7 Å². The lowest BCUT2D eigenvalue weighted by Gasteiger charge is -2.25. The van der Waals surface area contributed by atoms with Crippen LogP contribution in [0.15, 0.2) is 71.6 Å². The first-order valence-electron chi connectivity index (χ1n) is 11.8.